The number of allylic oxidation sites excluding steroid dienone is 2. The van der Waals surface area contributed by atoms with Crippen molar-refractivity contribution in [2.75, 3.05) is 119 Å². The van der Waals surface area contributed by atoms with Crippen molar-refractivity contribution in [1.82, 2.24) is 24.9 Å². The van der Waals surface area contributed by atoms with Crippen LogP contribution in [-0.4, -0.2) is 191 Å². The van der Waals surface area contributed by atoms with Crippen LogP contribution in [0.4, 0.5) is 4.79 Å². The van der Waals surface area contributed by atoms with Crippen LogP contribution in [0.1, 0.15) is 38.5 Å². The van der Waals surface area contributed by atoms with E-state index in [9.17, 15) is 29.4 Å². The van der Waals surface area contributed by atoms with Crippen LogP contribution in [0, 0.1) is 0 Å². The lowest BCUT2D eigenvalue weighted by Crippen LogP contribution is -2.47. The Balaban J connectivity index is 1.21. The van der Waals surface area contributed by atoms with Gasteiger partial charge in [-0.3, -0.25) is 29.1 Å². The number of amides is 1. The predicted octanol–water partition coefficient (Wildman–Crippen LogP) is 0.356. The highest BCUT2D eigenvalue weighted by molar-refractivity contribution is 5.80. The van der Waals surface area contributed by atoms with E-state index in [1.807, 2.05) is 11.9 Å². The zero-order chi connectivity index (χ0) is 35.3. The van der Waals surface area contributed by atoms with Crippen LogP contribution in [0.5, 0.6) is 0 Å². The van der Waals surface area contributed by atoms with Gasteiger partial charge in [0.2, 0.25) is 0 Å². The average Bonchev–Trinajstić information content (AvgIpc) is 3.42. The fourth-order valence-electron chi connectivity index (χ4n) is 5.88. The van der Waals surface area contributed by atoms with Crippen LogP contribution < -0.4 is 5.32 Å². The molecular weight excluding hydrogens is 642 g/mol. The summed E-state index contributed by atoms with van der Waals surface area (Å²) >= 11 is 0. The summed E-state index contributed by atoms with van der Waals surface area (Å²) in [7, 11) is 1.97. The fraction of sp³-hybridized carbons (Fsp3) is 0.818. The number of carbonyl (C=O) groups is 4. The number of fused-ring (bicyclic) bond motifs is 1. The van der Waals surface area contributed by atoms with Crippen molar-refractivity contribution in [1.29, 1.82) is 0 Å². The molecule has 0 aromatic carbocycles. The molecule has 0 aromatic rings. The molecule has 2 fully saturated rings. The molecule has 0 spiro atoms. The summed E-state index contributed by atoms with van der Waals surface area (Å²) in [4.78, 5) is 55.3. The Kier molecular flexibility index (Phi) is 19.7. The first-order chi connectivity index (χ1) is 23.7. The number of rotatable bonds is 18. The van der Waals surface area contributed by atoms with Gasteiger partial charge < -0.3 is 44.1 Å². The van der Waals surface area contributed by atoms with Gasteiger partial charge in [0.1, 0.15) is 12.4 Å². The third-order valence-corrected chi connectivity index (χ3v) is 8.63. The standard InChI is InChI=1S/C33H57N5O11/c1-35-11-13-36(15-16-38(25-31(42)43)18-17-37(14-12-35)24-30(40)41)23-27(39)7-6-19-45-21-22-46-20-10-34-33(44)47-26-32-48-28-8-4-2-3-5-9-29(28)49-32/h2-3,28-29,32H,4-26H2,1H3,(H,34,44)(H,40,41)(H,42,43)/b3-2+/t28-,29?,32?/m0/s1. The molecule has 16 heteroatoms. The van der Waals surface area contributed by atoms with Gasteiger partial charge in [-0.05, 0) is 39.2 Å². The van der Waals surface area contributed by atoms with E-state index in [1.165, 1.54) is 0 Å². The third-order valence-electron chi connectivity index (χ3n) is 8.63. The zero-order valence-corrected chi connectivity index (χ0v) is 29.0. The summed E-state index contributed by atoms with van der Waals surface area (Å²) in [5.74, 6) is -1.75. The van der Waals surface area contributed by atoms with E-state index < -0.39 is 24.3 Å². The van der Waals surface area contributed by atoms with Crippen molar-refractivity contribution in [3.8, 4) is 0 Å². The summed E-state index contributed by atoms with van der Waals surface area (Å²) in [5, 5.41) is 21.2. The van der Waals surface area contributed by atoms with E-state index in [-0.39, 0.29) is 44.2 Å². The molecule has 16 nitrogen and oxygen atoms in total. The Morgan fingerprint density at radius 3 is 1.80 bits per heavy atom. The lowest BCUT2D eigenvalue weighted by atomic mass is 10.0. The second-order valence-corrected chi connectivity index (χ2v) is 12.7. The first kappa shape index (κ1) is 40.7. The first-order valence-electron chi connectivity index (χ1n) is 17.5. The molecule has 280 valence electrons. The Morgan fingerprint density at radius 2 is 1.24 bits per heavy atom. The number of nitrogens with one attached hydrogen (secondary N) is 1. The number of aliphatic carboxylic acids is 2. The lowest BCUT2D eigenvalue weighted by molar-refractivity contribution is -0.140. The molecule has 3 aliphatic rings. The molecule has 3 atom stereocenters. The van der Waals surface area contributed by atoms with Crippen LogP contribution in [0.15, 0.2) is 12.2 Å². The van der Waals surface area contributed by atoms with E-state index in [0.717, 1.165) is 25.7 Å². The van der Waals surface area contributed by atoms with E-state index in [2.05, 4.69) is 27.3 Å². The number of ether oxygens (including phenoxy) is 5. The largest absolute Gasteiger partial charge is 0.480 e. The van der Waals surface area contributed by atoms with Gasteiger partial charge in [0.15, 0.2) is 6.29 Å². The normalized spacial score (nSPS) is 24.5. The van der Waals surface area contributed by atoms with Crippen LogP contribution in [0.3, 0.4) is 0 Å². The summed E-state index contributed by atoms with van der Waals surface area (Å²) in [6, 6.07) is 0. The number of carboxylic acids is 2. The Hall–Kier alpha value is -2.70. The molecule has 2 aliphatic heterocycles. The summed E-state index contributed by atoms with van der Waals surface area (Å²) in [5.41, 5.74) is 0. The monoisotopic (exact) mass is 699 g/mol. The maximum absolute atomic E-state index is 12.8. The highest BCUT2D eigenvalue weighted by Gasteiger charge is 2.36. The van der Waals surface area contributed by atoms with Crippen LogP contribution in [0.25, 0.3) is 0 Å². The average molecular weight is 700 g/mol. The molecule has 2 saturated heterocycles. The SMILES string of the molecule is CN1CCN(CC(=O)O)CCN(CC(=O)O)CCN(CC(=O)CCCOCCOCCNC(=O)OCC2OC3CC/C=C/CC[C@@H]3O2)CC1. The highest BCUT2D eigenvalue weighted by Crippen LogP contribution is 2.28. The van der Waals surface area contributed by atoms with Crippen LogP contribution in [0.2, 0.25) is 0 Å². The van der Waals surface area contributed by atoms with E-state index >= 15 is 0 Å². The molecular formula is C33H57N5O11. The molecule has 3 rings (SSSR count). The number of likely N-dealkylation sites (N-methyl/N-ethyl adjacent to an activating group) is 1. The smallest absolute Gasteiger partial charge is 0.407 e. The molecule has 2 heterocycles. The van der Waals surface area contributed by atoms with Gasteiger partial charge in [-0.1, -0.05) is 12.2 Å². The van der Waals surface area contributed by atoms with Crippen LogP contribution in [-0.2, 0) is 38.1 Å². The number of carboxylic acid groups (broad SMARTS) is 2. The molecule has 0 saturated carbocycles. The van der Waals surface area contributed by atoms with E-state index in [0.29, 0.717) is 98.2 Å². The van der Waals surface area contributed by atoms with Gasteiger partial charge in [-0.25, -0.2) is 4.79 Å². The van der Waals surface area contributed by atoms with Gasteiger partial charge in [0.25, 0.3) is 0 Å². The Bertz CT molecular complexity index is 1020. The summed E-state index contributed by atoms with van der Waals surface area (Å²) < 4.78 is 28.1. The second kappa shape index (κ2) is 23.7. The van der Waals surface area contributed by atoms with Crippen molar-refractivity contribution < 1.29 is 53.1 Å². The molecule has 0 radical (unpaired) electrons. The summed E-state index contributed by atoms with van der Waals surface area (Å²) in [6.07, 6.45) is 8.01. The van der Waals surface area contributed by atoms with Crippen molar-refractivity contribution in [3.63, 3.8) is 0 Å². The van der Waals surface area contributed by atoms with Gasteiger partial charge >= 0.3 is 18.0 Å². The first-order valence-corrected chi connectivity index (χ1v) is 17.5. The topological polar surface area (TPSA) is 180 Å². The lowest BCUT2D eigenvalue weighted by Gasteiger charge is -2.32. The molecule has 0 bridgehead atoms. The van der Waals surface area contributed by atoms with Gasteiger partial charge in [0, 0.05) is 71.9 Å². The second-order valence-electron chi connectivity index (χ2n) is 12.7. The minimum Gasteiger partial charge on any atom is -0.480 e. The third kappa shape index (κ3) is 18.2. The van der Waals surface area contributed by atoms with Crippen LogP contribution >= 0.6 is 0 Å². The number of carbonyl (C=O) groups excluding carboxylic acids is 2. The number of Topliss-reactive ketones (excluding diaryl/α,β-unsaturated/α-hetero) is 1. The number of alkyl carbamates (subject to hydrolysis) is 1. The maximum Gasteiger partial charge on any atom is 0.407 e. The molecule has 1 amide bonds. The number of hydrogen-bond acceptors (Lipinski definition) is 13. The van der Waals surface area contributed by atoms with Crippen molar-refractivity contribution in [2.45, 2.75) is 57.0 Å². The molecule has 1 aliphatic carbocycles. The summed E-state index contributed by atoms with van der Waals surface area (Å²) in [6.45, 7) is 6.30. The number of ketones is 1. The molecule has 3 N–H and O–H groups in total. The van der Waals surface area contributed by atoms with Gasteiger partial charge in [-0.2, -0.15) is 0 Å². The minimum absolute atomic E-state index is 0.0424. The molecule has 0 aromatic heterocycles. The van der Waals surface area contributed by atoms with Gasteiger partial charge in [0.05, 0.1) is 51.7 Å². The Morgan fingerprint density at radius 1 is 0.735 bits per heavy atom. The molecule has 2 unspecified atom stereocenters. The highest BCUT2D eigenvalue weighted by atomic mass is 16.7. The van der Waals surface area contributed by atoms with E-state index in [1.54, 1.807) is 4.90 Å². The van der Waals surface area contributed by atoms with Crippen molar-refractivity contribution >= 4 is 23.8 Å². The number of nitrogens with zero attached hydrogens (tertiary/aromatic N) is 4. The fourth-order valence-corrected chi connectivity index (χ4v) is 5.88. The predicted molar refractivity (Wildman–Crippen MR) is 178 cm³/mol. The van der Waals surface area contributed by atoms with E-state index in [4.69, 9.17) is 23.7 Å². The Labute approximate surface area is 289 Å². The maximum atomic E-state index is 12.8. The van der Waals surface area contributed by atoms with Crippen molar-refractivity contribution in [2.24, 2.45) is 0 Å². The zero-order valence-electron chi connectivity index (χ0n) is 29.0. The quantitative estimate of drug-likeness (QED) is 0.132. The van der Waals surface area contributed by atoms with Gasteiger partial charge in [-0.15, -0.1) is 0 Å². The molecule has 49 heavy (non-hydrogen) atoms. The number of hydrogen-bond donors (Lipinski definition) is 3. The minimum atomic E-state index is -0.941. The van der Waals surface area contributed by atoms with Crippen molar-refractivity contribution in [3.05, 3.63) is 12.2 Å².